The normalized spacial score (nSPS) is 10.0. The minimum atomic E-state index is -0.719. The van der Waals surface area contributed by atoms with E-state index in [0.717, 1.165) is 11.8 Å². The topological polar surface area (TPSA) is 43.4 Å². The summed E-state index contributed by atoms with van der Waals surface area (Å²) in [6.45, 7) is 0. The van der Waals surface area contributed by atoms with Crippen LogP contribution in [0.1, 0.15) is 20.7 Å². The molecule has 4 heteroatoms. The molecule has 0 aliphatic carbocycles. The van der Waals surface area contributed by atoms with Crippen molar-refractivity contribution in [2.45, 2.75) is 0 Å². The van der Waals surface area contributed by atoms with Crippen LogP contribution in [0.15, 0.2) is 42.5 Å². The third kappa shape index (κ3) is 2.68. The Labute approximate surface area is 109 Å². The van der Waals surface area contributed by atoms with Crippen LogP contribution >= 0.6 is 0 Å². The molecule has 0 N–H and O–H groups in total. The van der Waals surface area contributed by atoms with Crippen molar-refractivity contribution in [3.05, 3.63) is 59.4 Å². The van der Waals surface area contributed by atoms with Crippen molar-refractivity contribution < 1.29 is 18.7 Å². The van der Waals surface area contributed by atoms with Crippen molar-refractivity contribution in [3.8, 4) is 11.1 Å². The van der Waals surface area contributed by atoms with Gasteiger partial charge in [0.1, 0.15) is 12.1 Å². The number of aldehydes is 1. The number of rotatable bonds is 3. The van der Waals surface area contributed by atoms with Gasteiger partial charge in [-0.3, -0.25) is 4.79 Å². The van der Waals surface area contributed by atoms with Gasteiger partial charge in [0, 0.05) is 5.56 Å². The number of ether oxygens (including phenoxy) is 1. The zero-order valence-corrected chi connectivity index (χ0v) is 10.2. The molecule has 0 bridgehead atoms. The number of hydrogen-bond donors (Lipinski definition) is 0. The van der Waals surface area contributed by atoms with E-state index in [4.69, 9.17) is 0 Å². The van der Waals surface area contributed by atoms with Gasteiger partial charge in [-0.2, -0.15) is 0 Å². The Kier molecular flexibility index (Phi) is 3.71. The highest BCUT2D eigenvalue weighted by molar-refractivity contribution is 5.91. The highest BCUT2D eigenvalue weighted by atomic mass is 19.1. The van der Waals surface area contributed by atoms with E-state index in [2.05, 4.69) is 4.74 Å². The van der Waals surface area contributed by atoms with Crippen molar-refractivity contribution in [3.63, 3.8) is 0 Å². The number of hydrogen-bond acceptors (Lipinski definition) is 3. The van der Waals surface area contributed by atoms with E-state index in [0.29, 0.717) is 11.1 Å². The predicted molar refractivity (Wildman–Crippen MR) is 68.6 cm³/mol. The summed E-state index contributed by atoms with van der Waals surface area (Å²) in [5, 5.41) is 0. The molecule has 0 atom stereocenters. The molecule has 0 aliphatic rings. The summed E-state index contributed by atoms with van der Waals surface area (Å²) in [6.07, 6.45) is 0.744. The molecular weight excluding hydrogens is 247 g/mol. The van der Waals surface area contributed by atoms with Gasteiger partial charge in [-0.05, 0) is 23.3 Å². The Morgan fingerprint density at radius 2 is 1.74 bits per heavy atom. The molecule has 2 aromatic carbocycles. The molecule has 0 aromatic heterocycles. The molecule has 0 aliphatic heterocycles. The molecular formula is C15H11FO3. The molecule has 19 heavy (non-hydrogen) atoms. The number of benzene rings is 2. The minimum absolute atomic E-state index is 0.112. The Hall–Kier alpha value is -2.49. The summed E-state index contributed by atoms with van der Waals surface area (Å²) >= 11 is 0. The summed E-state index contributed by atoms with van der Waals surface area (Å²) in [5.74, 6) is -1.34. The van der Waals surface area contributed by atoms with Crippen molar-refractivity contribution in [2.75, 3.05) is 7.11 Å². The molecule has 0 radical (unpaired) electrons. The van der Waals surface area contributed by atoms with Gasteiger partial charge in [0.2, 0.25) is 0 Å². The monoisotopic (exact) mass is 258 g/mol. The Balaban J connectivity index is 2.44. The summed E-state index contributed by atoms with van der Waals surface area (Å²) in [7, 11) is 1.20. The molecule has 2 rings (SSSR count). The van der Waals surface area contributed by atoms with E-state index in [9.17, 15) is 14.0 Å². The second kappa shape index (κ2) is 5.44. The zero-order valence-electron chi connectivity index (χ0n) is 10.2. The van der Waals surface area contributed by atoms with Gasteiger partial charge >= 0.3 is 5.97 Å². The first-order chi connectivity index (χ1) is 9.15. The van der Waals surface area contributed by atoms with E-state index in [1.165, 1.54) is 19.2 Å². The summed E-state index contributed by atoms with van der Waals surface area (Å²) in [5.41, 5.74) is 1.91. The van der Waals surface area contributed by atoms with E-state index >= 15 is 0 Å². The second-order valence-electron chi connectivity index (χ2n) is 3.93. The van der Waals surface area contributed by atoms with Crippen molar-refractivity contribution >= 4 is 12.3 Å². The molecule has 0 fully saturated rings. The third-order valence-electron chi connectivity index (χ3n) is 2.75. The van der Waals surface area contributed by atoms with Gasteiger partial charge in [-0.15, -0.1) is 0 Å². The lowest BCUT2D eigenvalue weighted by molar-refractivity contribution is 0.0595. The average Bonchev–Trinajstić information content (AvgIpc) is 2.47. The lowest BCUT2D eigenvalue weighted by Gasteiger charge is -2.06. The largest absolute Gasteiger partial charge is 0.465 e. The van der Waals surface area contributed by atoms with E-state index in [-0.39, 0.29) is 5.56 Å². The van der Waals surface area contributed by atoms with Gasteiger partial charge in [0.15, 0.2) is 0 Å². The fraction of sp³-hybridized carbons (Fsp3) is 0.0667. The standard InChI is InChI=1S/C15H11FO3/c1-19-15(18)13-8-12(6-7-14(13)16)11-4-2-10(9-17)3-5-11/h2-9H,1H3. The quantitative estimate of drug-likeness (QED) is 0.627. The second-order valence-corrected chi connectivity index (χ2v) is 3.93. The molecule has 0 unspecified atom stereocenters. The first kappa shape index (κ1) is 13.0. The molecule has 0 heterocycles. The molecule has 2 aromatic rings. The van der Waals surface area contributed by atoms with Gasteiger partial charge in [0.25, 0.3) is 0 Å². The van der Waals surface area contributed by atoms with Crippen LogP contribution in [0.25, 0.3) is 11.1 Å². The maximum atomic E-state index is 13.5. The van der Waals surface area contributed by atoms with Crippen LogP contribution in [0, 0.1) is 5.82 Å². The van der Waals surface area contributed by atoms with Crippen LogP contribution in [0.3, 0.4) is 0 Å². The lowest BCUT2D eigenvalue weighted by atomic mass is 10.0. The van der Waals surface area contributed by atoms with E-state index < -0.39 is 11.8 Å². The number of methoxy groups -OCH3 is 1. The molecule has 0 amide bonds. The van der Waals surface area contributed by atoms with E-state index in [1.807, 2.05) is 0 Å². The van der Waals surface area contributed by atoms with Crippen molar-refractivity contribution in [1.82, 2.24) is 0 Å². The fourth-order valence-corrected chi connectivity index (χ4v) is 1.73. The summed E-state index contributed by atoms with van der Waals surface area (Å²) in [4.78, 5) is 22.0. The lowest BCUT2D eigenvalue weighted by Crippen LogP contribution is -2.04. The van der Waals surface area contributed by atoms with Gasteiger partial charge in [-0.25, -0.2) is 9.18 Å². The molecule has 0 saturated heterocycles. The molecule has 0 spiro atoms. The molecule has 0 saturated carbocycles. The average molecular weight is 258 g/mol. The fourth-order valence-electron chi connectivity index (χ4n) is 1.73. The Morgan fingerprint density at radius 1 is 1.11 bits per heavy atom. The van der Waals surface area contributed by atoms with Crippen LogP contribution < -0.4 is 0 Å². The summed E-state index contributed by atoms with van der Waals surface area (Å²) in [6, 6.07) is 11.0. The van der Waals surface area contributed by atoms with Crippen molar-refractivity contribution in [1.29, 1.82) is 0 Å². The maximum Gasteiger partial charge on any atom is 0.340 e. The number of halogens is 1. The number of carbonyl (C=O) groups excluding carboxylic acids is 2. The zero-order chi connectivity index (χ0) is 13.8. The van der Waals surface area contributed by atoms with Gasteiger partial charge < -0.3 is 4.74 Å². The highest BCUT2D eigenvalue weighted by Gasteiger charge is 2.13. The Morgan fingerprint density at radius 3 is 2.32 bits per heavy atom. The van der Waals surface area contributed by atoms with Gasteiger partial charge in [-0.1, -0.05) is 30.3 Å². The Bertz CT molecular complexity index is 618. The predicted octanol–water partition coefficient (Wildman–Crippen LogP) is 3.09. The molecule has 3 nitrogen and oxygen atoms in total. The van der Waals surface area contributed by atoms with Crippen LogP contribution in [-0.2, 0) is 4.74 Å². The van der Waals surface area contributed by atoms with Crippen LogP contribution in [0.5, 0.6) is 0 Å². The molecule has 96 valence electrons. The first-order valence-electron chi connectivity index (χ1n) is 5.59. The SMILES string of the molecule is COC(=O)c1cc(-c2ccc(C=O)cc2)ccc1F. The van der Waals surface area contributed by atoms with E-state index in [1.54, 1.807) is 30.3 Å². The maximum absolute atomic E-state index is 13.5. The van der Waals surface area contributed by atoms with Crippen LogP contribution in [0.2, 0.25) is 0 Å². The van der Waals surface area contributed by atoms with Gasteiger partial charge in [0.05, 0.1) is 12.7 Å². The highest BCUT2D eigenvalue weighted by Crippen LogP contribution is 2.22. The smallest absolute Gasteiger partial charge is 0.340 e. The van der Waals surface area contributed by atoms with Crippen LogP contribution in [-0.4, -0.2) is 19.4 Å². The summed E-state index contributed by atoms with van der Waals surface area (Å²) < 4.78 is 18.0. The minimum Gasteiger partial charge on any atom is -0.465 e. The van der Waals surface area contributed by atoms with Crippen LogP contribution in [0.4, 0.5) is 4.39 Å². The van der Waals surface area contributed by atoms with Crippen molar-refractivity contribution in [2.24, 2.45) is 0 Å². The first-order valence-corrected chi connectivity index (χ1v) is 5.59. The number of esters is 1. The third-order valence-corrected chi connectivity index (χ3v) is 2.75. The number of carbonyl (C=O) groups is 2.